The minimum absolute atomic E-state index is 0.0156. The molecule has 2 rings (SSSR count). The molecule has 0 aromatic rings. The third kappa shape index (κ3) is 2.33. The van der Waals surface area contributed by atoms with Crippen molar-refractivity contribution in [2.24, 2.45) is 0 Å². The molecule has 0 radical (unpaired) electrons. The van der Waals surface area contributed by atoms with Crippen LogP contribution in [0.4, 0.5) is 0 Å². The fourth-order valence-corrected chi connectivity index (χ4v) is 2.76. The predicted molar refractivity (Wildman–Crippen MR) is 57.0 cm³/mol. The van der Waals surface area contributed by atoms with Crippen molar-refractivity contribution in [3.8, 4) is 0 Å². The normalized spacial score (nSPS) is 32.8. The molecule has 2 aliphatic heterocycles. The maximum atomic E-state index is 9.23. The Balaban J connectivity index is 2.22. The molecule has 0 aromatic carbocycles. The van der Waals surface area contributed by atoms with Crippen molar-refractivity contribution in [3.63, 3.8) is 0 Å². The fraction of sp³-hybridized carbons (Fsp3) is 1.00. The minimum Gasteiger partial charge on any atom is -0.396 e. The minimum atomic E-state index is -0.727. The molecule has 0 bridgehead atoms. The third-order valence-corrected chi connectivity index (χ3v) is 3.67. The summed E-state index contributed by atoms with van der Waals surface area (Å²) >= 11 is 0. The standard InChI is InChI=1S/C11H20O6/c12-5-3-10(4-6-13)11(17-16-9-15-10)2-1-7-14-8-11/h12-13H,1-9H2. The van der Waals surface area contributed by atoms with Crippen LogP contribution in [0, 0.1) is 0 Å². The number of aliphatic hydroxyl groups is 2. The van der Waals surface area contributed by atoms with Gasteiger partial charge in [-0.05, 0) is 12.8 Å². The SMILES string of the molecule is OCCC1(CCO)OCOOC12CCCOC2. The Kier molecular flexibility index (Phi) is 4.35. The summed E-state index contributed by atoms with van der Waals surface area (Å²) in [4.78, 5) is 10.4. The van der Waals surface area contributed by atoms with E-state index >= 15 is 0 Å². The van der Waals surface area contributed by atoms with E-state index in [2.05, 4.69) is 0 Å². The topological polar surface area (TPSA) is 77.4 Å². The van der Waals surface area contributed by atoms with Crippen molar-refractivity contribution in [3.05, 3.63) is 0 Å². The molecule has 2 saturated heterocycles. The second-order valence-electron chi connectivity index (χ2n) is 4.56. The summed E-state index contributed by atoms with van der Waals surface area (Å²) < 4.78 is 11.2. The molecule has 1 unspecified atom stereocenters. The zero-order valence-electron chi connectivity index (χ0n) is 9.89. The smallest absolute Gasteiger partial charge is 0.181 e. The monoisotopic (exact) mass is 248 g/mol. The van der Waals surface area contributed by atoms with Gasteiger partial charge in [-0.2, -0.15) is 0 Å². The molecule has 1 atom stereocenters. The second kappa shape index (κ2) is 5.60. The molecule has 6 heteroatoms. The van der Waals surface area contributed by atoms with E-state index in [1.54, 1.807) is 0 Å². The molecule has 0 saturated carbocycles. The lowest BCUT2D eigenvalue weighted by atomic mass is 9.74. The van der Waals surface area contributed by atoms with Gasteiger partial charge >= 0.3 is 0 Å². The van der Waals surface area contributed by atoms with Gasteiger partial charge in [0, 0.05) is 32.7 Å². The van der Waals surface area contributed by atoms with Gasteiger partial charge in [0.25, 0.3) is 0 Å². The van der Waals surface area contributed by atoms with Crippen molar-refractivity contribution < 1.29 is 29.5 Å². The number of hydrogen-bond acceptors (Lipinski definition) is 6. The molecular formula is C11H20O6. The van der Waals surface area contributed by atoms with Crippen LogP contribution in [0.25, 0.3) is 0 Å². The van der Waals surface area contributed by atoms with Crippen LogP contribution in [0.2, 0.25) is 0 Å². The van der Waals surface area contributed by atoms with Gasteiger partial charge in [-0.1, -0.05) is 0 Å². The molecule has 2 heterocycles. The molecule has 0 amide bonds. The highest BCUT2D eigenvalue weighted by Gasteiger charge is 2.57. The van der Waals surface area contributed by atoms with E-state index in [9.17, 15) is 10.2 Å². The summed E-state index contributed by atoms with van der Waals surface area (Å²) in [5.74, 6) is 0. The van der Waals surface area contributed by atoms with Crippen LogP contribution in [0.1, 0.15) is 25.7 Å². The van der Waals surface area contributed by atoms with Gasteiger partial charge in [-0.25, -0.2) is 9.78 Å². The Morgan fingerprint density at radius 3 is 2.47 bits per heavy atom. The van der Waals surface area contributed by atoms with E-state index in [0.29, 0.717) is 26.1 Å². The Morgan fingerprint density at radius 1 is 1.12 bits per heavy atom. The summed E-state index contributed by atoms with van der Waals surface area (Å²) in [5.41, 5.74) is -1.44. The van der Waals surface area contributed by atoms with E-state index in [0.717, 1.165) is 12.8 Å². The first-order chi connectivity index (χ1) is 8.29. The first kappa shape index (κ1) is 13.2. The van der Waals surface area contributed by atoms with E-state index < -0.39 is 11.2 Å². The van der Waals surface area contributed by atoms with Gasteiger partial charge in [0.15, 0.2) is 12.4 Å². The van der Waals surface area contributed by atoms with Gasteiger partial charge in [0.1, 0.15) is 5.60 Å². The van der Waals surface area contributed by atoms with Crippen molar-refractivity contribution in [1.82, 2.24) is 0 Å². The van der Waals surface area contributed by atoms with E-state index in [4.69, 9.17) is 19.2 Å². The molecule has 100 valence electrons. The van der Waals surface area contributed by atoms with Crippen molar-refractivity contribution in [2.75, 3.05) is 33.2 Å². The van der Waals surface area contributed by atoms with Crippen LogP contribution in [0.3, 0.4) is 0 Å². The fourth-order valence-electron chi connectivity index (χ4n) is 2.76. The Labute approximate surface area is 100 Å². The van der Waals surface area contributed by atoms with Crippen LogP contribution < -0.4 is 0 Å². The maximum Gasteiger partial charge on any atom is 0.181 e. The quantitative estimate of drug-likeness (QED) is 0.681. The molecule has 0 aliphatic carbocycles. The molecule has 1 spiro atoms. The van der Waals surface area contributed by atoms with Crippen LogP contribution in [0.5, 0.6) is 0 Å². The number of hydrogen-bond donors (Lipinski definition) is 2. The van der Waals surface area contributed by atoms with Gasteiger partial charge in [-0.15, -0.1) is 0 Å². The van der Waals surface area contributed by atoms with E-state index in [1.165, 1.54) is 0 Å². The summed E-state index contributed by atoms with van der Waals surface area (Å²) in [7, 11) is 0. The second-order valence-corrected chi connectivity index (χ2v) is 4.56. The average molecular weight is 248 g/mol. The van der Waals surface area contributed by atoms with Gasteiger partial charge in [0.05, 0.1) is 6.61 Å². The average Bonchev–Trinajstić information content (AvgIpc) is 2.35. The van der Waals surface area contributed by atoms with Crippen molar-refractivity contribution >= 4 is 0 Å². The zero-order valence-corrected chi connectivity index (χ0v) is 9.89. The summed E-state index contributed by atoms with van der Waals surface area (Å²) in [6, 6.07) is 0. The van der Waals surface area contributed by atoms with Crippen LogP contribution in [-0.4, -0.2) is 54.6 Å². The Bertz CT molecular complexity index is 218. The lowest BCUT2D eigenvalue weighted by Crippen LogP contribution is -2.65. The highest BCUT2D eigenvalue weighted by molar-refractivity contribution is 5.04. The summed E-state index contributed by atoms with van der Waals surface area (Å²) in [6.45, 7) is 1.03. The maximum absolute atomic E-state index is 9.23. The molecule has 2 N–H and O–H groups in total. The van der Waals surface area contributed by atoms with Gasteiger partial charge in [-0.3, -0.25) is 0 Å². The highest BCUT2D eigenvalue weighted by Crippen LogP contribution is 2.44. The van der Waals surface area contributed by atoms with Crippen LogP contribution in [-0.2, 0) is 19.2 Å². The molecule has 6 nitrogen and oxygen atoms in total. The number of ether oxygens (including phenoxy) is 2. The number of aliphatic hydroxyl groups excluding tert-OH is 2. The van der Waals surface area contributed by atoms with E-state index in [-0.39, 0.29) is 20.0 Å². The third-order valence-electron chi connectivity index (χ3n) is 3.67. The van der Waals surface area contributed by atoms with E-state index in [1.807, 2.05) is 0 Å². The Morgan fingerprint density at radius 2 is 1.88 bits per heavy atom. The molecule has 2 fully saturated rings. The number of rotatable bonds is 4. The predicted octanol–water partition coefficient (Wildman–Crippen LogP) is -0.0249. The van der Waals surface area contributed by atoms with Crippen molar-refractivity contribution in [2.45, 2.75) is 36.9 Å². The largest absolute Gasteiger partial charge is 0.396 e. The summed E-state index contributed by atoms with van der Waals surface area (Å²) in [5, 5.41) is 18.5. The van der Waals surface area contributed by atoms with Gasteiger partial charge < -0.3 is 19.7 Å². The van der Waals surface area contributed by atoms with Crippen molar-refractivity contribution in [1.29, 1.82) is 0 Å². The molecular weight excluding hydrogens is 228 g/mol. The highest BCUT2D eigenvalue weighted by atomic mass is 17.2. The first-order valence-electron chi connectivity index (χ1n) is 6.03. The van der Waals surface area contributed by atoms with Crippen LogP contribution in [0.15, 0.2) is 0 Å². The van der Waals surface area contributed by atoms with Crippen LogP contribution >= 0.6 is 0 Å². The molecule has 0 aromatic heterocycles. The molecule has 2 aliphatic rings. The molecule has 17 heavy (non-hydrogen) atoms. The van der Waals surface area contributed by atoms with Gasteiger partial charge in [0.2, 0.25) is 0 Å². The summed E-state index contributed by atoms with van der Waals surface area (Å²) in [6.07, 6.45) is 2.40. The lowest BCUT2D eigenvalue weighted by molar-refractivity contribution is -0.490. The first-order valence-corrected chi connectivity index (χ1v) is 6.03. The lowest BCUT2D eigenvalue weighted by Gasteiger charge is -2.52. The zero-order chi connectivity index (χ0) is 12.2. The Hall–Kier alpha value is -0.240.